The van der Waals surface area contributed by atoms with Crippen LogP contribution in [0.15, 0.2) is 6.07 Å². The molecule has 1 fully saturated rings. The zero-order chi connectivity index (χ0) is 13.8. The number of nitrogens with two attached hydrogens (primary N) is 1. The van der Waals surface area contributed by atoms with Crippen LogP contribution in [0, 0.1) is 12.8 Å². The van der Waals surface area contributed by atoms with Gasteiger partial charge in [0.1, 0.15) is 5.82 Å². The second-order valence-corrected chi connectivity index (χ2v) is 6.04. The Kier molecular flexibility index (Phi) is 4.61. The Bertz CT molecular complexity index is 390. The summed E-state index contributed by atoms with van der Waals surface area (Å²) in [6.07, 6.45) is 6.42. The van der Waals surface area contributed by atoms with Crippen LogP contribution in [0.2, 0.25) is 0 Å². The van der Waals surface area contributed by atoms with Gasteiger partial charge in [0.05, 0.1) is 0 Å². The molecule has 0 radical (unpaired) electrons. The van der Waals surface area contributed by atoms with Crippen LogP contribution in [-0.4, -0.2) is 22.6 Å². The molecule has 1 aromatic rings. The molecule has 106 valence electrons. The lowest BCUT2D eigenvalue weighted by Crippen LogP contribution is -2.35. The topological polar surface area (TPSA) is 55.0 Å². The van der Waals surface area contributed by atoms with Gasteiger partial charge in [0.25, 0.3) is 0 Å². The van der Waals surface area contributed by atoms with Gasteiger partial charge < -0.3 is 10.6 Å². The van der Waals surface area contributed by atoms with Crippen LogP contribution in [0.5, 0.6) is 0 Å². The summed E-state index contributed by atoms with van der Waals surface area (Å²) >= 11 is 0. The SMILES string of the molecule is Cc1cc(N(CCC(C)C)C2CCCC2)nc(N)n1. The van der Waals surface area contributed by atoms with Gasteiger partial charge in [0.15, 0.2) is 0 Å². The van der Waals surface area contributed by atoms with Crippen LogP contribution in [0.4, 0.5) is 11.8 Å². The number of hydrogen-bond acceptors (Lipinski definition) is 4. The van der Waals surface area contributed by atoms with Crippen LogP contribution in [0.1, 0.15) is 51.6 Å². The summed E-state index contributed by atoms with van der Waals surface area (Å²) in [6.45, 7) is 7.59. The number of rotatable bonds is 5. The van der Waals surface area contributed by atoms with Crippen LogP contribution in [0.3, 0.4) is 0 Å². The van der Waals surface area contributed by atoms with E-state index in [1.807, 2.05) is 6.92 Å². The minimum absolute atomic E-state index is 0.391. The summed E-state index contributed by atoms with van der Waals surface area (Å²) in [7, 11) is 0. The Labute approximate surface area is 116 Å². The van der Waals surface area contributed by atoms with Crippen molar-refractivity contribution in [3.63, 3.8) is 0 Å². The molecule has 0 aliphatic heterocycles. The van der Waals surface area contributed by atoms with Gasteiger partial charge in [0, 0.05) is 24.3 Å². The highest BCUT2D eigenvalue weighted by atomic mass is 15.2. The maximum absolute atomic E-state index is 5.80. The number of anilines is 2. The maximum Gasteiger partial charge on any atom is 0.222 e. The van der Waals surface area contributed by atoms with E-state index in [1.54, 1.807) is 0 Å². The predicted molar refractivity (Wildman–Crippen MR) is 80.2 cm³/mol. The van der Waals surface area contributed by atoms with Gasteiger partial charge in [0.2, 0.25) is 5.95 Å². The molecule has 0 amide bonds. The number of aryl methyl sites for hydroxylation is 1. The average Bonchev–Trinajstić information content (AvgIpc) is 2.81. The second-order valence-electron chi connectivity index (χ2n) is 6.04. The lowest BCUT2D eigenvalue weighted by Gasteiger charge is -2.31. The summed E-state index contributed by atoms with van der Waals surface area (Å²) in [5, 5.41) is 0. The third kappa shape index (κ3) is 3.82. The zero-order valence-corrected chi connectivity index (χ0v) is 12.4. The van der Waals surface area contributed by atoms with Crippen molar-refractivity contribution in [1.82, 2.24) is 9.97 Å². The van der Waals surface area contributed by atoms with Gasteiger partial charge in [-0.2, -0.15) is 4.98 Å². The van der Waals surface area contributed by atoms with E-state index >= 15 is 0 Å². The van der Waals surface area contributed by atoms with E-state index in [0.29, 0.717) is 17.9 Å². The van der Waals surface area contributed by atoms with E-state index in [1.165, 1.54) is 32.1 Å². The van der Waals surface area contributed by atoms with Crippen molar-refractivity contribution in [2.24, 2.45) is 5.92 Å². The largest absolute Gasteiger partial charge is 0.368 e. The smallest absolute Gasteiger partial charge is 0.222 e. The maximum atomic E-state index is 5.80. The van der Waals surface area contributed by atoms with Gasteiger partial charge in [-0.1, -0.05) is 26.7 Å². The van der Waals surface area contributed by atoms with Crippen LogP contribution in [0.25, 0.3) is 0 Å². The van der Waals surface area contributed by atoms with E-state index in [9.17, 15) is 0 Å². The van der Waals surface area contributed by atoms with Gasteiger partial charge >= 0.3 is 0 Å². The van der Waals surface area contributed by atoms with Crippen LogP contribution >= 0.6 is 0 Å². The Morgan fingerprint density at radius 1 is 1.32 bits per heavy atom. The molecule has 1 aromatic heterocycles. The first-order valence-electron chi connectivity index (χ1n) is 7.44. The summed E-state index contributed by atoms with van der Waals surface area (Å²) in [6, 6.07) is 2.70. The van der Waals surface area contributed by atoms with Gasteiger partial charge in [-0.15, -0.1) is 0 Å². The van der Waals surface area contributed by atoms with Crippen molar-refractivity contribution in [3.05, 3.63) is 11.8 Å². The predicted octanol–water partition coefficient (Wildman–Crippen LogP) is 3.16. The molecule has 0 unspecified atom stereocenters. The molecule has 1 aliphatic carbocycles. The van der Waals surface area contributed by atoms with Gasteiger partial charge in [-0.05, 0) is 32.1 Å². The van der Waals surface area contributed by atoms with Gasteiger partial charge in [-0.25, -0.2) is 4.98 Å². The first-order valence-corrected chi connectivity index (χ1v) is 7.44. The summed E-state index contributed by atoms with van der Waals surface area (Å²) in [5.41, 5.74) is 6.76. The third-order valence-electron chi connectivity index (χ3n) is 3.87. The highest BCUT2D eigenvalue weighted by Crippen LogP contribution is 2.28. The molecule has 4 heteroatoms. The molecule has 2 N–H and O–H groups in total. The molecule has 1 saturated carbocycles. The van der Waals surface area contributed by atoms with E-state index in [-0.39, 0.29) is 0 Å². The minimum Gasteiger partial charge on any atom is -0.368 e. The van der Waals surface area contributed by atoms with Crippen molar-refractivity contribution in [3.8, 4) is 0 Å². The average molecular weight is 262 g/mol. The summed E-state index contributed by atoms with van der Waals surface area (Å²) < 4.78 is 0. The summed E-state index contributed by atoms with van der Waals surface area (Å²) in [4.78, 5) is 11.1. The normalized spacial score (nSPS) is 16.2. The lowest BCUT2D eigenvalue weighted by atomic mass is 10.1. The lowest BCUT2D eigenvalue weighted by molar-refractivity contribution is 0.525. The fraction of sp³-hybridized carbons (Fsp3) is 0.733. The highest BCUT2D eigenvalue weighted by Gasteiger charge is 2.24. The van der Waals surface area contributed by atoms with E-state index in [2.05, 4.69) is 34.8 Å². The van der Waals surface area contributed by atoms with E-state index in [0.717, 1.165) is 18.1 Å². The molecule has 1 heterocycles. The fourth-order valence-corrected chi connectivity index (χ4v) is 2.82. The van der Waals surface area contributed by atoms with Crippen LogP contribution in [-0.2, 0) is 0 Å². The Hall–Kier alpha value is -1.32. The van der Waals surface area contributed by atoms with Crippen LogP contribution < -0.4 is 10.6 Å². The number of nitrogens with zero attached hydrogens (tertiary/aromatic N) is 3. The standard InChI is InChI=1S/C15H26N4/c1-11(2)8-9-19(13-6-4-5-7-13)14-10-12(3)17-15(16)18-14/h10-11,13H,4-9H2,1-3H3,(H2,16,17,18). The highest BCUT2D eigenvalue weighted by molar-refractivity contribution is 5.44. The minimum atomic E-state index is 0.391. The molecular formula is C15H26N4. The van der Waals surface area contributed by atoms with Gasteiger partial charge in [-0.3, -0.25) is 0 Å². The molecule has 0 bridgehead atoms. The second kappa shape index (κ2) is 6.22. The molecule has 0 saturated heterocycles. The van der Waals surface area contributed by atoms with Crippen molar-refractivity contribution in [1.29, 1.82) is 0 Å². The zero-order valence-electron chi connectivity index (χ0n) is 12.4. The molecule has 0 spiro atoms. The molecule has 2 rings (SSSR count). The molecule has 19 heavy (non-hydrogen) atoms. The van der Waals surface area contributed by atoms with Crippen molar-refractivity contribution in [2.45, 2.75) is 58.9 Å². The molecular weight excluding hydrogens is 236 g/mol. The monoisotopic (exact) mass is 262 g/mol. The molecule has 0 atom stereocenters. The molecule has 4 nitrogen and oxygen atoms in total. The quantitative estimate of drug-likeness (QED) is 0.885. The fourth-order valence-electron chi connectivity index (χ4n) is 2.82. The Morgan fingerprint density at radius 3 is 2.58 bits per heavy atom. The van der Waals surface area contributed by atoms with E-state index < -0.39 is 0 Å². The first-order chi connectivity index (χ1) is 9.06. The first kappa shape index (κ1) is 14.1. The molecule has 1 aliphatic rings. The summed E-state index contributed by atoms with van der Waals surface area (Å²) in [5.74, 6) is 2.12. The third-order valence-corrected chi connectivity index (χ3v) is 3.87. The van der Waals surface area contributed by atoms with E-state index in [4.69, 9.17) is 5.73 Å². The number of hydrogen-bond donors (Lipinski definition) is 1. The Morgan fingerprint density at radius 2 is 2.00 bits per heavy atom. The number of nitrogen functional groups attached to an aromatic ring is 1. The Balaban J connectivity index is 2.19. The van der Waals surface area contributed by atoms with Crippen molar-refractivity contribution >= 4 is 11.8 Å². The molecule has 0 aromatic carbocycles. The number of aromatic nitrogens is 2. The van der Waals surface area contributed by atoms with Crippen molar-refractivity contribution < 1.29 is 0 Å². The van der Waals surface area contributed by atoms with Crippen molar-refractivity contribution in [2.75, 3.05) is 17.2 Å².